The minimum atomic E-state index is -0.109. The first-order chi connectivity index (χ1) is 5.41. The maximum absolute atomic E-state index is 10.0. The van der Waals surface area contributed by atoms with Crippen molar-refractivity contribution in [2.24, 2.45) is 17.3 Å². The molecule has 0 aromatic heterocycles. The summed E-state index contributed by atoms with van der Waals surface area (Å²) < 4.78 is 0. The summed E-state index contributed by atoms with van der Waals surface area (Å²) in [4.78, 5) is 0. The molecule has 0 radical (unpaired) electrons. The summed E-state index contributed by atoms with van der Waals surface area (Å²) in [5.41, 5.74) is 0.0642. The van der Waals surface area contributed by atoms with Crippen LogP contribution in [0.2, 0.25) is 0 Å². The Bertz CT molecular complexity index is 146. The molecule has 0 amide bonds. The Kier molecular flexibility index (Phi) is 2.82. The minimum absolute atomic E-state index is 0.0642. The van der Waals surface area contributed by atoms with E-state index in [0.29, 0.717) is 5.92 Å². The van der Waals surface area contributed by atoms with E-state index in [1.54, 1.807) is 0 Å². The molecule has 3 atom stereocenters. The third-order valence-corrected chi connectivity index (χ3v) is 3.07. The molecular formula is C11H22O. The first-order valence-electron chi connectivity index (χ1n) is 5.09. The number of hydrogen-bond donors (Lipinski definition) is 1. The van der Waals surface area contributed by atoms with Crippen molar-refractivity contribution in [2.45, 2.75) is 53.1 Å². The van der Waals surface area contributed by atoms with Gasteiger partial charge in [-0.15, -0.1) is 0 Å². The van der Waals surface area contributed by atoms with Gasteiger partial charge in [-0.1, -0.05) is 34.1 Å². The van der Waals surface area contributed by atoms with Crippen LogP contribution in [0.25, 0.3) is 0 Å². The van der Waals surface area contributed by atoms with E-state index >= 15 is 0 Å². The van der Waals surface area contributed by atoms with Crippen molar-refractivity contribution in [1.82, 2.24) is 0 Å². The average Bonchev–Trinajstić information content (AvgIpc) is 2.32. The van der Waals surface area contributed by atoms with Crippen molar-refractivity contribution in [3.63, 3.8) is 0 Å². The highest BCUT2D eigenvalue weighted by molar-refractivity contribution is 4.84. The molecule has 1 nitrogen and oxygen atoms in total. The van der Waals surface area contributed by atoms with Gasteiger partial charge in [0.15, 0.2) is 0 Å². The second-order valence-corrected chi connectivity index (χ2v) is 5.49. The summed E-state index contributed by atoms with van der Waals surface area (Å²) in [6.45, 7) is 8.66. The first kappa shape index (κ1) is 10.0. The predicted molar refractivity (Wildman–Crippen MR) is 52.0 cm³/mol. The maximum Gasteiger partial charge on any atom is 0.0616 e. The number of aliphatic hydroxyl groups is 1. The van der Waals surface area contributed by atoms with Crippen LogP contribution in [0.1, 0.15) is 47.0 Å². The highest BCUT2D eigenvalue weighted by Gasteiger charge is 2.34. The van der Waals surface area contributed by atoms with Gasteiger partial charge < -0.3 is 5.11 Å². The van der Waals surface area contributed by atoms with Crippen LogP contribution in [0.3, 0.4) is 0 Å². The first-order valence-corrected chi connectivity index (χ1v) is 5.09. The zero-order valence-electron chi connectivity index (χ0n) is 8.80. The largest absolute Gasteiger partial charge is 0.392 e. The summed E-state index contributed by atoms with van der Waals surface area (Å²) >= 11 is 0. The van der Waals surface area contributed by atoms with Gasteiger partial charge in [0.2, 0.25) is 0 Å². The lowest BCUT2D eigenvalue weighted by molar-refractivity contribution is 0.0129. The topological polar surface area (TPSA) is 20.2 Å². The van der Waals surface area contributed by atoms with E-state index in [4.69, 9.17) is 0 Å². The Balaban J connectivity index is 2.48. The molecule has 1 fully saturated rings. The summed E-state index contributed by atoms with van der Waals surface area (Å²) in [6.07, 6.45) is 3.64. The lowest BCUT2D eigenvalue weighted by atomic mass is 9.80. The molecule has 3 unspecified atom stereocenters. The summed E-state index contributed by atoms with van der Waals surface area (Å²) in [5.74, 6) is 1.38. The molecule has 1 aliphatic carbocycles. The van der Waals surface area contributed by atoms with Crippen molar-refractivity contribution in [3.05, 3.63) is 0 Å². The van der Waals surface area contributed by atoms with Gasteiger partial charge in [-0.25, -0.2) is 0 Å². The molecule has 0 heterocycles. The third kappa shape index (κ3) is 2.22. The molecule has 72 valence electrons. The van der Waals surface area contributed by atoms with Crippen molar-refractivity contribution in [3.8, 4) is 0 Å². The molecule has 0 aliphatic heterocycles. The lowest BCUT2D eigenvalue weighted by Gasteiger charge is -2.30. The molecule has 1 N–H and O–H groups in total. The monoisotopic (exact) mass is 170 g/mol. The minimum Gasteiger partial charge on any atom is -0.392 e. The van der Waals surface area contributed by atoms with E-state index < -0.39 is 0 Å². The van der Waals surface area contributed by atoms with Crippen LogP contribution in [-0.2, 0) is 0 Å². The zero-order chi connectivity index (χ0) is 9.35. The predicted octanol–water partition coefficient (Wildman–Crippen LogP) is 2.83. The van der Waals surface area contributed by atoms with Gasteiger partial charge in [0.05, 0.1) is 6.10 Å². The highest BCUT2D eigenvalue weighted by atomic mass is 16.3. The fraction of sp³-hybridized carbons (Fsp3) is 1.00. The van der Waals surface area contributed by atoms with E-state index in [2.05, 4.69) is 27.7 Å². The fourth-order valence-corrected chi connectivity index (χ4v) is 2.24. The Morgan fingerprint density at radius 3 is 2.17 bits per heavy atom. The Hall–Kier alpha value is -0.0400. The number of hydrogen-bond acceptors (Lipinski definition) is 1. The van der Waals surface area contributed by atoms with Crippen molar-refractivity contribution < 1.29 is 5.11 Å². The SMILES string of the molecule is CC1CCC(C(O)C(C)(C)C)C1. The Morgan fingerprint density at radius 1 is 1.25 bits per heavy atom. The molecule has 0 aromatic rings. The van der Waals surface area contributed by atoms with E-state index in [9.17, 15) is 5.11 Å². The summed E-state index contributed by atoms with van der Waals surface area (Å²) in [5, 5.41) is 10.0. The van der Waals surface area contributed by atoms with Gasteiger partial charge in [0, 0.05) is 0 Å². The zero-order valence-corrected chi connectivity index (χ0v) is 8.80. The van der Waals surface area contributed by atoms with Crippen LogP contribution in [0.4, 0.5) is 0 Å². The van der Waals surface area contributed by atoms with Gasteiger partial charge in [-0.2, -0.15) is 0 Å². The standard InChI is InChI=1S/C11H22O/c1-8-5-6-9(7-8)10(12)11(2,3)4/h8-10,12H,5-7H2,1-4H3. The molecule has 0 saturated heterocycles. The molecule has 1 rings (SSSR count). The van der Waals surface area contributed by atoms with Crippen molar-refractivity contribution >= 4 is 0 Å². The van der Waals surface area contributed by atoms with Crippen LogP contribution >= 0.6 is 0 Å². The second-order valence-electron chi connectivity index (χ2n) is 5.49. The molecule has 0 aromatic carbocycles. The molecule has 0 spiro atoms. The van der Waals surface area contributed by atoms with Crippen molar-refractivity contribution in [1.29, 1.82) is 0 Å². The van der Waals surface area contributed by atoms with Gasteiger partial charge >= 0.3 is 0 Å². The lowest BCUT2D eigenvalue weighted by Crippen LogP contribution is -2.32. The summed E-state index contributed by atoms with van der Waals surface area (Å²) in [6, 6.07) is 0. The molecule has 12 heavy (non-hydrogen) atoms. The normalized spacial score (nSPS) is 33.8. The maximum atomic E-state index is 10.0. The fourth-order valence-electron chi connectivity index (χ4n) is 2.24. The smallest absolute Gasteiger partial charge is 0.0616 e. The number of aliphatic hydroxyl groups excluding tert-OH is 1. The van der Waals surface area contributed by atoms with Crippen LogP contribution in [0.15, 0.2) is 0 Å². The van der Waals surface area contributed by atoms with Crippen LogP contribution in [-0.4, -0.2) is 11.2 Å². The van der Waals surface area contributed by atoms with Crippen LogP contribution in [0.5, 0.6) is 0 Å². The van der Waals surface area contributed by atoms with E-state index in [1.807, 2.05) is 0 Å². The average molecular weight is 170 g/mol. The van der Waals surface area contributed by atoms with Crippen LogP contribution < -0.4 is 0 Å². The number of rotatable bonds is 1. The second kappa shape index (κ2) is 3.37. The van der Waals surface area contributed by atoms with Crippen LogP contribution in [0, 0.1) is 17.3 Å². The van der Waals surface area contributed by atoms with Gasteiger partial charge in [0.25, 0.3) is 0 Å². The quantitative estimate of drug-likeness (QED) is 0.641. The Labute approximate surface area is 76.2 Å². The molecule has 1 saturated carbocycles. The van der Waals surface area contributed by atoms with E-state index in [1.165, 1.54) is 19.3 Å². The van der Waals surface area contributed by atoms with Crippen molar-refractivity contribution in [2.75, 3.05) is 0 Å². The highest BCUT2D eigenvalue weighted by Crippen LogP contribution is 2.38. The van der Waals surface area contributed by atoms with Gasteiger partial charge in [-0.05, 0) is 30.1 Å². The van der Waals surface area contributed by atoms with Gasteiger partial charge in [0.1, 0.15) is 0 Å². The summed E-state index contributed by atoms with van der Waals surface area (Å²) in [7, 11) is 0. The van der Waals surface area contributed by atoms with E-state index in [0.717, 1.165) is 5.92 Å². The van der Waals surface area contributed by atoms with E-state index in [-0.39, 0.29) is 11.5 Å². The van der Waals surface area contributed by atoms with Gasteiger partial charge in [-0.3, -0.25) is 0 Å². The molecule has 1 aliphatic rings. The third-order valence-electron chi connectivity index (χ3n) is 3.07. The Morgan fingerprint density at radius 2 is 1.83 bits per heavy atom. The molecular weight excluding hydrogens is 148 g/mol. The molecule has 0 bridgehead atoms. The molecule has 1 heteroatoms.